The Morgan fingerprint density at radius 1 is 1.05 bits per heavy atom. The Kier molecular flexibility index (Phi) is 4.29. The molecule has 2 rings (SSSR count). The average molecular weight is 333 g/mol. The quantitative estimate of drug-likeness (QED) is 0.706. The largest absolute Gasteiger partial charge is 0.456 e. The van der Waals surface area contributed by atoms with Gasteiger partial charge in [-0.25, -0.2) is 0 Å². The molecule has 2 nitrogen and oxygen atoms in total. The van der Waals surface area contributed by atoms with E-state index in [0.29, 0.717) is 11.3 Å². The molecule has 0 aliphatic rings. The van der Waals surface area contributed by atoms with Crippen molar-refractivity contribution in [2.75, 3.05) is 0 Å². The Morgan fingerprint density at radius 3 is 2.35 bits per heavy atom. The molecule has 2 aromatic carbocycles. The van der Waals surface area contributed by atoms with E-state index in [1.807, 2.05) is 26.0 Å². The highest BCUT2D eigenvalue weighted by Gasteiger charge is 2.09. The van der Waals surface area contributed by atoms with Crippen molar-refractivity contribution in [3.63, 3.8) is 0 Å². The first-order valence-corrected chi connectivity index (χ1v) is 7.24. The maximum Gasteiger partial charge on any atom is 0.159 e. The normalized spacial score (nSPS) is 10.4. The molecule has 0 N–H and O–H groups in total. The van der Waals surface area contributed by atoms with E-state index in [0.717, 1.165) is 15.8 Å². The van der Waals surface area contributed by atoms with Crippen LogP contribution in [0.3, 0.4) is 0 Å². The van der Waals surface area contributed by atoms with Crippen LogP contribution in [0.15, 0.2) is 34.8 Å². The number of Topliss-reactive ketones (excluding diaryl/α,β-unsaturated/α-hetero) is 1. The van der Waals surface area contributed by atoms with Crippen molar-refractivity contribution in [3.05, 3.63) is 57.1 Å². The van der Waals surface area contributed by atoms with E-state index < -0.39 is 0 Å². The Balaban J connectivity index is 2.38. The summed E-state index contributed by atoms with van der Waals surface area (Å²) in [6.45, 7) is 7.72. The van der Waals surface area contributed by atoms with Crippen LogP contribution in [0, 0.1) is 20.8 Å². The van der Waals surface area contributed by atoms with Crippen LogP contribution >= 0.6 is 15.9 Å². The van der Waals surface area contributed by atoms with E-state index in [1.54, 1.807) is 19.1 Å². The molecule has 20 heavy (non-hydrogen) atoms. The van der Waals surface area contributed by atoms with Gasteiger partial charge in [0.15, 0.2) is 5.78 Å². The second-order valence-electron chi connectivity index (χ2n) is 5.01. The van der Waals surface area contributed by atoms with Gasteiger partial charge in [-0.05, 0) is 84.6 Å². The van der Waals surface area contributed by atoms with Crippen LogP contribution in [0.25, 0.3) is 0 Å². The SMILES string of the molecule is CC(=O)c1ccc(Oc2cc(C)cc(C)c2C)c(Br)c1. The van der Waals surface area contributed by atoms with Gasteiger partial charge >= 0.3 is 0 Å². The Labute approximate surface area is 127 Å². The molecule has 3 heteroatoms. The molecule has 0 aliphatic heterocycles. The summed E-state index contributed by atoms with van der Waals surface area (Å²) in [6, 6.07) is 9.54. The number of hydrogen-bond acceptors (Lipinski definition) is 2. The summed E-state index contributed by atoms with van der Waals surface area (Å²) in [5.41, 5.74) is 4.16. The first-order chi connectivity index (χ1) is 9.38. The lowest BCUT2D eigenvalue weighted by atomic mass is 10.1. The summed E-state index contributed by atoms with van der Waals surface area (Å²) < 4.78 is 6.76. The van der Waals surface area contributed by atoms with Gasteiger partial charge < -0.3 is 4.74 Å². The van der Waals surface area contributed by atoms with Crippen molar-refractivity contribution in [3.8, 4) is 11.5 Å². The summed E-state index contributed by atoms with van der Waals surface area (Å²) in [5, 5.41) is 0. The maximum atomic E-state index is 11.3. The van der Waals surface area contributed by atoms with Gasteiger partial charge in [-0.2, -0.15) is 0 Å². The highest BCUT2D eigenvalue weighted by molar-refractivity contribution is 9.10. The third kappa shape index (κ3) is 3.10. The van der Waals surface area contributed by atoms with Gasteiger partial charge in [0.25, 0.3) is 0 Å². The van der Waals surface area contributed by atoms with E-state index in [2.05, 4.69) is 28.9 Å². The Bertz CT molecular complexity index is 675. The van der Waals surface area contributed by atoms with Crippen LogP contribution in [0.2, 0.25) is 0 Å². The van der Waals surface area contributed by atoms with Crippen molar-refractivity contribution >= 4 is 21.7 Å². The number of carbonyl (C=O) groups excluding carboxylic acids is 1. The lowest BCUT2D eigenvalue weighted by Gasteiger charge is -2.13. The molecule has 0 atom stereocenters. The molecule has 2 aromatic rings. The number of rotatable bonds is 3. The summed E-state index contributed by atoms with van der Waals surface area (Å²) in [4.78, 5) is 11.3. The molecule has 0 bridgehead atoms. The lowest BCUT2D eigenvalue weighted by Crippen LogP contribution is -1.95. The zero-order chi connectivity index (χ0) is 14.9. The summed E-state index contributed by atoms with van der Waals surface area (Å²) in [7, 11) is 0. The van der Waals surface area contributed by atoms with Crippen LogP contribution in [-0.4, -0.2) is 5.78 Å². The second kappa shape index (κ2) is 5.80. The number of halogens is 1. The van der Waals surface area contributed by atoms with Gasteiger partial charge in [-0.15, -0.1) is 0 Å². The van der Waals surface area contributed by atoms with E-state index in [9.17, 15) is 4.79 Å². The topological polar surface area (TPSA) is 26.3 Å². The number of hydrogen-bond donors (Lipinski definition) is 0. The first kappa shape index (κ1) is 14.8. The predicted molar refractivity (Wildman–Crippen MR) is 84.9 cm³/mol. The molecule has 0 unspecified atom stereocenters. The van der Waals surface area contributed by atoms with Gasteiger partial charge in [0, 0.05) is 5.56 Å². The molecule has 0 radical (unpaired) electrons. The summed E-state index contributed by atoms with van der Waals surface area (Å²) in [5.74, 6) is 1.60. The molecule has 0 saturated carbocycles. The van der Waals surface area contributed by atoms with Crippen molar-refractivity contribution in [1.82, 2.24) is 0 Å². The molecule has 0 spiro atoms. The highest BCUT2D eigenvalue weighted by Crippen LogP contribution is 2.33. The number of ether oxygens (including phenoxy) is 1. The fourth-order valence-corrected chi connectivity index (χ4v) is 2.49. The van der Waals surface area contributed by atoms with Crippen molar-refractivity contribution in [2.45, 2.75) is 27.7 Å². The number of carbonyl (C=O) groups is 1. The highest BCUT2D eigenvalue weighted by atomic mass is 79.9. The van der Waals surface area contributed by atoms with Crippen molar-refractivity contribution in [1.29, 1.82) is 0 Å². The van der Waals surface area contributed by atoms with Gasteiger partial charge in [0.2, 0.25) is 0 Å². The van der Waals surface area contributed by atoms with E-state index in [-0.39, 0.29) is 5.78 Å². The van der Waals surface area contributed by atoms with Crippen molar-refractivity contribution in [2.24, 2.45) is 0 Å². The minimum absolute atomic E-state index is 0.0415. The van der Waals surface area contributed by atoms with Gasteiger partial charge in [-0.1, -0.05) is 6.07 Å². The zero-order valence-electron chi connectivity index (χ0n) is 12.1. The fourth-order valence-electron chi connectivity index (χ4n) is 2.03. The molecule has 0 saturated heterocycles. The lowest BCUT2D eigenvalue weighted by molar-refractivity contribution is 0.101. The second-order valence-corrected chi connectivity index (χ2v) is 5.86. The van der Waals surface area contributed by atoms with Crippen molar-refractivity contribution < 1.29 is 9.53 Å². The fraction of sp³-hybridized carbons (Fsp3) is 0.235. The number of aryl methyl sites for hydroxylation is 2. The molecule has 104 valence electrons. The monoisotopic (exact) mass is 332 g/mol. The molecule has 0 aliphatic carbocycles. The predicted octanol–water partition coefficient (Wildman–Crippen LogP) is 5.37. The van der Waals surface area contributed by atoms with Gasteiger partial charge in [0.1, 0.15) is 11.5 Å². The summed E-state index contributed by atoms with van der Waals surface area (Å²) >= 11 is 3.46. The van der Waals surface area contributed by atoms with E-state index in [1.165, 1.54) is 11.1 Å². The molecule has 0 heterocycles. The summed E-state index contributed by atoms with van der Waals surface area (Å²) in [6.07, 6.45) is 0. The zero-order valence-corrected chi connectivity index (χ0v) is 13.7. The minimum atomic E-state index is 0.0415. The first-order valence-electron chi connectivity index (χ1n) is 6.44. The standard InChI is InChI=1S/C17H17BrO2/c1-10-7-11(2)12(3)17(8-10)20-16-6-5-14(13(4)19)9-15(16)18/h5-9H,1-4H3. The average Bonchev–Trinajstić information content (AvgIpc) is 2.37. The smallest absolute Gasteiger partial charge is 0.159 e. The molecule has 0 aromatic heterocycles. The van der Waals surface area contributed by atoms with Crippen LogP contribution < -0.4 is 4.74 Å². The Hall–Kier alpha value is -1.61. The van der Waals surface area contributed by atoms with Gasteiger partial charge in [0.05, 0.1) is 4.47 Å². The molecular weight excluding hydrogens is 316 g/mol. The molecular formula is C17H17BrO2. The van der Waals surface area contributed by atoms with E-state index in [4.69, 9.17) is 4.74 Å². The van der Waals surface area contributed by atoms with Crippen LogP contribution in [-0.2, 0) is 0 Å². The number of benzene rings is 2. The number of ketones is 1. The maximum absolute atomic E-state index is 11.3. The van der Waals surface area contributed by atoms with E-state index >= 15 is 0 Å². The molecule has 0 amide bonds. The van der Waals surface area contributed by atoms with Gasteiger partial charge in [-0.3, -0.25) is 4.79 Å². The van der Waals surface area contributed by atoms with Crippen LogP contribution in [0.1, 0.15) is 34.0 Å². The Morgan fingerprint density at radius 2 is 1.75 bits per heavy atom. The minimum Gasteiger partial charge on any atom is -0.456 e. The van der Waals surface area contributed by atoms with Crippen LogP contribution in [0.5, 0.6) is 11.5 Å². The molecule has 0 fully saturated rings. The third-order valence-corrected chi connectivity index (χ3v) is 3.94. The van der Waals surface area contributed by atoms with Crippen LogP contribution in [0.4, 0.5) is 0 Å². The third-order valence-electron chi connectivity index (χ3n) is 3.32.